The average molecular weight is 470 g/mol. The molecule has 0 fully saturated rings. The van der Waals surface area contributed by atoms with Crippen LogP contribution in [0, 0.1) is 0 Å². The number of aliphatic imine (C=N–C) groups is 1. The Bertz CT molecular complexity index is 497. The van der Waals surface area contributed by atoms with Crippen molar-refractivity contribution in [2.24, 2.45) is 4.99 Å². The minimum atomic E-state index is 0. The summed E-state index contributed by atoms with van der Waals surface area (Å²) in [5.74, 6) is 2.37. The number of nitrogens with one attached hydrogen (secondary N) is 2. The summed E-state index contributed by atoms with van der Waals surface area (Å²) in [6.07, 6.45) is 2.30. The number of ether oxygens (including phenoxy) is 2. The van der Waals surface area contributed by atoms with Crippen molar-refractivity contribution in [1.82, 2.24) is 10.6 Å². The van der Waals surface area contributed by atoms with Gasteiger partial charge < -0.3 is 20.1 Å². The maximum atomic E-state index is 5.41. The highest BCUT2D eigenvalue weighted by Crippen LogP contribution is 2.39. The Hall–Kier alpha value is -0.700. The molecule has 0 bridgehead atoms. The third-order valence-corrected chi connectivity index (χ3v) is 3.58. The van der Waals surface area contributed by atoms with Crippen LogP contribution >= 0.6 is 39.9 Å². The van der Waals surface area contributed by atoms with Gasteiger partial charge in [0.05, 0.1) is 4.47 Å². The molecule has 1 aromatic carbocycles. The van der Waals surface area contributed by atoms with E-state index in [-0.39, 0.29) is 30.8 Å². The summed E-state index contributed by atoms with van der Waals surface area (Å²) >= 11 is 3.49. The van der Waals surface area contributed by atoms with Crippen LogP contribution in [0.2, 0.25) is 0 Å². The highest BCUT2D eigenvalue weighted by atomic mass is 127. The molecule has 0 atom stereocenters. The van der Waals surface area contributed by atoms with Crippen LogP contribution < -0.4 is 20.1 Å². The summed E-state index contributed by atoms with van der Waals surface area (Å²) in [5.41, 5.74) is 1.11. The second-order valence-corrected chi connectivity index (χ2v) is 5.37. The lowest BCUT2D eigenvalue weighted by Gasteiger charge is -2.12. The van der Waals surface area contributed by atoms with E-state index in [1.165, 1.54) is 6.42 Å². The second kappa shape index (κ2) is 9.34. The lowest BCUT2D eigenvalue weighted by molar-refractivity contribution is 0.173. The van der Waals surface area contributed by atoms with E-state index >= 15 is 0 Å². The SMILES string of the molecule is CCCCNC(=NC)NCc1cc(Br)c2c(c1)OCO2.I. The lowest BCUT2D eigenvalue weighted by Crippen LogP contribution is -2.37. The van der Waals surface area contributed by atoms with Crippen molar-refractivity contribution in [1.29, 1.82) is 0 Å². The molecule has 0 saturated heterocycles. The summed E-state index contributed by atoms with van der Waals surface area (Å²) in [7, 11) is 1.77. The second-order valence-electron chi connectivity index (χ2n) is 4.52. The molecular formula is C14H21BrIN3O2. The first-order valence-electron chi connectivity index (χ1n) is 6.77. The first-order valence-corrected chi connectivity index (χ1v) is 7.56. The topological polar surface area (TPSA) is 54.9 Å². The number of guanidine groups is 1. The Balaban J connectivity index is 0.00000220. The van der Waals surface area contributed by atoms with E-state index in [1.54, 1.807) is 7.05 Å². The van der Waals surface area contributed by atoms with E-state index in [2.05, 4.69) is 38.5 Å². The molecule has 1 aromatic rings. The van der Waals surface area contributed by atoms with Gasteiger partial charge in [-0.25, -0.2) is 0 Å². The molecule has 0 amide bonds. The zero-order chi connectivity index (χ0) is 14.4. The van der Waals surface area contributed by atoms with Crippen molar-refractivity contribution in [2.45, 2.75) is 26.3 Å². The summed E-state index contributed by atoms with van der Waals surface area (Å²) in [6, 6.07) is 4.01. The van der Waals surface area contributed by atoms with Crippen LogP contribution in [0.4, 0.5) is 0 Å². The van der Waals surface area contributed by atoms with Crippen LogP contribution in [-0.4, -0.2) is 26.3 Å². The predicted molar refractivity (Wildman–Crippen MR) is 98.8 cm³/mol. The first kappa shape index (κ1) is 18.3. The monoisotopic (exact) mass is 469 g/mol. The van der Waals surface area contributed by atoms with E-state index < -0.39 is 0 Å². The van der Waals surface area contributed by atoms with Gasteiger partial charge in [-0.3, -0.25) is 4.99 Å². The molecule has 1 aliphatic heterocycles. The molecule has 118 valence electrons. The number of benzene rings is 1. The molecule has 0 radical (unpaired) electrons. The van der Waals surface area contributed by atoms with Crippen molar-refractivity contribution >= 4 is 45.9 Å². The Kier molecular flexibility index (Phi) is 8.16. The van der Waals surface area contributed by atoms with Crippen LogP contribution in [0.25, 0.3) is 0 Å². The molecule has 0 aliphatic carbocycles. The van der Waals surface area contributed by atoms with Gasteiger partial charge in [0.1, 0.15) is 0 Å². The van der Waals surface area contributed by atoms with Crippen LogP contribution in [0.3, 0.4) is 0 Å². The zero-order valence-electron chi connectivity index (χ0n) is 12.2. The third kappa shape index (κ3) is 5.21. The van der Waals surface area contributed by atoms with E-state index in [9.17, 15) is 0 Å². The quantitative estimate of drug-likeness (QED) is 0.301. The number of rotatable bonds is 5. The number of hydrogen-bond donors (Lipinski definition) is 2. The van der Waals surface area contributed by atoms with Crippen LogP contribution in [0.15, 0.2) is 21.6 Å². The molecule has 5 nitrogen and oxygen atoms in total. The standard InChI is InChI=1S/C14H20BrN3O2.HI/c1-3-4-5-17-14(16-2)18-8-10-6-11(15)13-12(7-10)19-9-20-13;/h6-7H,3-5,8-9H2,1-2H3,(H2,16,17,18);1H. The lowest BCUT2D eigenvalue weighted by atomic mass is 10.2. The van der Waals surface area contributed by atoms with Crippen molar-refractivity contribution in [3.8, 4) is 11.5 Å². The predicted octanol–water partition coefficient (Wildman–Crippen LogP) is 3.26. The largest absolute Gasteiger partial charge is 0.454 e. The molecule has 7 heteroatoms. The van der Waals surface area contributed by atoms with Crippen molar-refractivity contribution in [3.63, 3.8) is 0 Å². The van der Waals surface area contributed by atoms with E-state index in [0.29, 0.717) is 6.54 Å². The van der Waals surface area contributed by atoms with Gasteiger partial charge in [0.15, 0.2) is 17.5 Å². The first-order chi connectivity index (χ1) is 9.74. The van der Waals surface area contributed by atoms with Gasteiger partial charge in [-0.2, -0.15) is 0 Å². The highest BCUT2D eigenvalue weighted by Gasteiger charge is 2.17. The van der Waals surface area contributed by atoms with Gasteiger partial charge in [-0.15, -0.1) is 24.0 Å². The molecule has 2 rings (SSSR count). The molecule has 0 saturated carbocycles. The Labute approximate surface area is 151 Å². The van der Waals surface area contributed by atoms with Gasteiger partial charge >= 0.3 is 0 Å². The summed E-state index contributed by atoms with van der Waals surface area (Å²) in [4.78, 5) is 4.20. The van der Waals surface area contributed by atoms with Gasteiger partial charge in [0.25, 0.3) is 0 Å². The van der Waals surface area contributed by atoms with Crippen LogP contribution in [0.1, 0.15) is 25.3 Å². The van der Waals surface area contributed by atoms with Gasteiger partial charge in [0.2, 0.25) is 6.79 Å². The molecule has 0 aromatic heterocycles. The molecule has 0 spiro atoms. The number of nitrogens with zero attached hydrogens (tertiary/aromatic N) is 1. The van der Waals surface area contributed by atoms with Crippen LogP contribution in [0.5, 0.6) is 11.5 Å². The number of hydrogen-bond acceptors (Lipinski definition) is 3. The average Bonchev–Trinajstić information content (AvgIpc) is 2.91. The molecular weight excluding hydrogens is 449 g/mol. The van der Waals surface area contributed by atoms with Crippen molar-refractivity contribution < 1.29 is 9.47 Å². The number of halogens is 2. The molecule has 1 aliphatic rings. The maximum Gasteiger partial charge on any atom is 0.231 e. The van der Waals surface area contributed by atoms with Gasteiger partial charge in [-0.1, -0.05) is 13.3 Å². The van der Waals surface area contributed by atoms with E-state index in [4.69, 9.17) is 9.47 Å². The zero-order valence-corrected chi connectivity index (χ0v) is 16.2. The minimum absolute atomic E-state index is 0. The fourth-order valence-corrected chi connectivity index (χ4v) is 2.52. The molecule has 1 heterocycles. The smallest absolute Gasteiger partial charge is 0.231 e. The summed E-state index contributed by atoms with van der Waals surface area (Å²) < 4.78 is 11.7. The minimum Gasteiger partial charge on any atom is -0.454 e. The van der Waals surface area contributed by atoms with Crippen molar-refractivity contribution in [2.75, 3.05) is 20.4 Å². The highest BCUT2D eigenvalue weighted by molar-refractivity contribution is 14.0. The fraction of sp³-hybridized carbons (Fsp3) is 0.500. The van der Waals surface area contributed by atoms with Gasteiger partial charge in [-0.05, 0) is 40.0 Å². The maximum absolute atomic E-state index is 5.41. The summed E-state index contributed by atoms with van der Waals surface area (Å²) in [6.45, 7) is 4.06. The normalized spacial score (nSPS) is 12.8. The Morgan fingerprint density at radius 1 is 1.33 bits per heavy atom. The fourth-order valence-electron chi connectivity index (χ4n) is 1.91. The van der Waals surface area contributed by atoms with Crippen molar-refractivity contribution in [3.05, 3.63) is 22.2 Å². The van der Waals surface area contributed by atoms with Gasteiger partial charge in [0, 0.05) is 20.1 Å². The number of unbranched alkanes of at least 4 members (excludes halogenated alkanes) is 1. The summed E-state index contributed by atoms with van der Waals surface area (Å²) in [5, 5.41) is 6.56. The molecule has 0 unspecified atom stereocenters. The Morgan fingerprint density at radius 3 is 2.86 bits per heavy atom. The molecule has 2 N–H and O–H groups in total. The van der Waals surface area contributed by atoms with E-state index in [0.717, 1.165) is 40.5 Å². The Morgan fingerprint density at radius 2 is 2.14 bits per heavy atom. The van der Waals surface area contributed by atoms with Crippen LogP contribution in [-0.2, 0) is 6.54 Å². The molecule has 21 heavy (non-hydrogen) atoms. The number of fused-ring (bicyclic) bond motifs is 1. The van der Waals surface area contributed by atoms with E-state index in [1.807, 2.05) is 12.1 Å². The third-order valence-electron chi connectivity index (χ3n) is 2.99.